The predicted molar refractivity (Wildman–Crippen MR) is 89.6 cm³/mol. The van der Waals surface area contributed by atoms with Gasteiger partial charge in [0, 0.05) is 12.6 Å². The molecule has 1 aromatic carbocycles. The molecular formula is C15H19N3OS2. The number of hydrogen-bond acceptors (Lipinski definition) is 6. The van der Waals surface area contributed by atoms with Crippen LogP contribution in [0, 0.1) is 0 Å². The van der Waals surface area contributed by atoms with Gasteiger partial charge in [0.2, 0.25) is 5.13 Å². The number of unbranched alkanes of at least 4 members (excludes halogenated alkanes) is 1. The molecule has 21 heavy (non-hydrogen) atoms. The molecule has 6 heteroatoms. The molecule has 4 nitrogen and oxygen atoms in total. The normalized spacial score (nSPS) is 10.6. The summed E-state index contributed by atoms with van der Waals surface area (Å²) in [4.78, 5) is 12.1. The Morgan fingerprint density at radius 1 is 1.29 bits per heavy atom. The minimum absolute atomic E-state index is 0.128. The Hall–Kier alpha value is -1.40. The van der Waals surface area contributed by atoms with Gasteiger partial charge in [-0.2, -0.15) is 0 Å². The third kappa shape index (κ3) is 4.82. The first-order valence-electron chi connectivity index (χ1n) is 6.99. The summed E-state index contributed by atoms with van der Waals surface area (Å²) in [5.74, 6) is 0.523. The topological polar surface area (TPSA) is 54.9 Å². The van der Waals surface area contributed by atoms with E-state index in [-0.39, 0.29) is 5.78 Å². The van der Waals surface area contributed by atoms with Gasteiger partial charge in [-0.3, -0.25) is 4.79 Å². The van der Waals surface area contributed by atoms with E-state index in [1.807, 2.05) is 12.1 Å². The van der Waals surface area contributed by atoms with E-state index in [9.17, 15) is 4.79 Å². The van der Waals surface area contributed by atoms with Crippen LogP contribution in [0.15, 0.2) is 28.6 Å². The maximum atomic E-state index is 12.1. The summed E-state index contributed by atoms with van der Waals surface area (Å²) in [5.41, 5.74) is 2.06. The van der Waals surface area contributed by atoms with Crippen LogP contribution in [0.3, 0.4) is 0 Å². The third-order valence-electron chi connectivity index (χ3n) is 3.04. The number of aromatic nitrogens is 2. The van der Waals surface area contributed by atoms with Gasteiger partial charge < -0.3 is 5.32 Å². The largest absolute Gasteiger partial charge is 0.363 e. The van der Waals surface area contributed by atoms with E-state index in [2.05, 4.69) is 34.6 Å². The molecule has 0 unspecified atom stereocenters. The Balaban J connectivity index is 1.87. The predicted octanol–water partition coefficient (Wildman–Crippen LogP) is 3.90. The number of rotatable bonds is 8. The molecule has 112 valence electrons. The van der Waals surface area contributed by atoms with Crippen LogP contribution in [0.1, 0.15) is 35.7 Å². The van der Waals surface area contributed by atoms with Crippen molar-refractivity contribution in [2.75, 3.05) is 18.1 Å². The van der Waals surface area contributed by atoms with Crippen molar-refractivity contribution in [2.24, 2.45) is 0 Å². The molecule has 0 spiro atoms. The van der Waals surface area contributed by atoms with Gasteiger partial charge in [0.25, 0.3) is 0 Å². The van der Waals surface area contributed by atoms with Crippen LogP contribution in [0.2, 0.25) is 0 Å². The minimum atomic E-state index is 0.128. The minimum Gasteiger partial charge on any atom is -0.363 e. The summed E-state index contributed by atoms with van der Waals surface area (Å²) >= 11 is 2.89. The Kier molecular flexibility index (Phi) is 6.20. The Morgan fingerprint density at radius 3 is 2.67 bits per heavy atom. The summed E-state index contributed by atoms with van der Waals surface area (Å²) in [7, 11) is 1.81. The number of carbonyl (C=O) groups is 1. The summed E-state index contributed by atoms with van der Waals surface area (Å²) in [6, 6.07) is 7.95. The first kappa shape index (κ1) is 16.0. The highest BCUT2D eigenvalue weighted by Gasteiger charge is 2.09. The monoisotopic (exact) mass is 321 g/mol. The number of benzene rings is 1. The molecule has 0 radical (unpaired) electrons. The lowest BCUT2D eigenvalue weighted by Crippen LogP contribution is -2.02. The average molecular weight is 321 g/mol. The van der Waals surface area contributed by atoms with E-state index < -0.39 is 0 Å². The van der Waals surface area contributed by atoms with Gasteiger partial charge in [-0.25, -0.2) is 0 Å². The number of ketones is 1. The van der Waals surface area contributed by atoms with Crippen molar-refractivity contribution in [1.82, 2.24) is 10.2 Å². The fraction of sp³-hybridized carbons (Fsp3) is 0.400. The van der Waals surface area contributed by atoms with E-state index in [4.69, 9.17) is 0 Å². The van der Waals surface area contributed by atoms with E-state index in [0.29, 0.717) is 5.75 Å². The highest BCUT2D eigenvalue weighted by Crippen LogP contribution is 2.25. The summed E-state index contributed by atoms with van der Waals surface area (Å²) < 4.78 is 0.812. The number of carbonyl (C=O) groups excluding carboxylic acids is 1. The molecule has 0 aliphatic carbocycles. The van der Waals surface area contributed by atoms with Gasteiger partial charge in [0.05, 0.1) is 5.75 Å². The van der Waals surface area contributed by atoms with Crippen LogP contribution in [-0.2, 0) is 6.42 Å². The number of anilines is 1. The second-order valence-corrected chi connectivity index (χ2v) is 6.84. The van der Waals surface area contributed by atoms with Gasteiger partial charge in [0.15, 0.2) is 10.1 Å². The van der Waals surface area contributed by atoms with Crippen LogP contribution in [0.5, 0.6) is 0 Å². The Morgan fingerprint density at radius 2 is 2.05 bits per heavy atom. The zero-order chi connectivity index (χ0) is 15.1. The lowest BCUT2D eigenvalue weighted by molar-refractivity contribution is 0.102. The summed E-state index contributed by atoms with van der Waals surface area (Å²) in [6.07, 6.45) is 3.46. The molecule has 2 rings (SSSR count). The van der Waals surface area contributed by atoms with E-state index in [1.165, 1.54) is 41.5 Å². The second-order valence-electron chi connectivity index (χ2n) is 4.64. The fourth-order valence-corrected chi connectivity index (χ4v) is 3.42. The number of hydrogen-bond donors (Lipinski definition) is 1. The molecule has 0 bridgehead atoms. The van der Waals surface area contributed by atoms with Crippen LogP contribution in [-0.4, -0.2) is 28.8 Å². The van der Waals surface area contributed by atoms with Gasteiger partial charge in [-0.15, -0.1) is 10.2 Å². The standard InChI is InChI=1S/C15H19N3OS2/c1-3-4-5-11-6-8-12(9-7-11)13(19)10-20-15-18-17-14(16-2)21-15/h6-9H,3-5,10H2,1-2H3,(H,16,17). The van der Waals surface area contributed by atoms with Gasteiger partial charge >= 0.3 is 0 Å². The smallest absolute Gasteiger partial charge is 0.206 e. The summed E-state index contributed by atoms with van der Waals surface area (Å²) in [6.45, 7) is 2.18. The van der Waals surface area contributed by atoms with Crippen molar-refractivity contribution in [3.05, 3.63) is 35.4 Å². The first-order chi connectivity index (χ1) is 10.2. The van der Waals surface area contributed by atoms with Crippen LogP contribution in [0.4, 0.5) is 5.13 Å². The highest BCUT2D eigenvalue weighted by atomic mass is 32.2. The quantitative estimate of drug-likeness (QED) is 0.590. The van der Waals surface area contributed by atoms with Crippen LogP contribution < -0.4 is 5.32 Å². The van der Waals surface area contributed by atoms with Crippen molar-refractivity contribution < 1.29 is 4.79 Å². The van der Waals surface area contributed by atoms with Gasteiger partial charge in [-0.05, 0) is 18.4 Å². The maximum Gasteiger partial charge on any atom is 0.206 e. The fourth-order valence-electron chi connectivity index (χ4n) is 1.82. The van der Waals surface area contributed by atoms with Crippen molar-refractivity contribution in [3.8, 4) is 0 Å². The molecule has 0 saturated heterocycles. The number of nitrogens with one attached hydrogen (secondary N) is 1. The van der Waals surface area contributed by atoms with Crippen molar-refractivity contribution >= 4 is 34.0 Å². The average Bonchev–Trinajstić information content (AvgIpc) is 2.99. The third-order valence-corrected chi connectivity index (χ3v) is 5.12. The van der Waals surface area contributed by atoms with Gasteiger partial charge in [-0.1, -0.05) is 60.7 Å². The van der Waals surface area contributed by atoms with Gasteiger partial charge in [0.1, 0.15) is 0 Å². The van der Waals surface area contributed by atoms with E-state index in [0.717, 1.165) is 21.5 Å². The van der Waals surface area contributed by atoms with E-state index in [1.54, 1.807) is 7.05 Å². The second kappa shape index (κ2) is 8.14. The molecular weight excluding hydrogens is 302 g/mol. The molecule has 0 aliphatic rings. The van der Waals surface area contributed by atoms with Crippen molar-refractivity contribution in [1.29, 1.82) is 0 Å². The zero-order valence-corrected chi connectivity index (χ0v) is 13.9. The van der Waals surface area contributed by atoms with Crippen LogP contribution in [0.25, 0.3) is 0 Å². The van der Waals surface area contributed by atoms with Crippen molar-refractivity contribution in [2.45, 2.75) is 30.5 Å². The summed E-state index contributed by atoms with van der Waals surface area (Å²) in [5, 5.41) is 11.7. The van der Waals surface area contributed by atoms with Crippen molar-refractivity contribution in [3.63, 3.8) is 0 Å². The SMILES string of the molecule is CCCCc1ccc(C(=O)CSc2nnc(NC)s2)cc1. The maximum absolute atomic E-state index is 12.1. The number of Topliss-reactive ketones (excluding diaryl/α,β-unsaturated/α-hetero) is 1. The molecule has 1 heterocycles. The molecule has 0 aliphatic heterocycles. The molecule has 0 fully saturated rings. The zero-order valence-electron chi connectivity index (χ0n) is 12.3. The first-order valence-corrected chi connectivity index (χ1v) is 8.79. The van der Waals surface area contributed by atoms with E-state index >= 15 is 0 Å². The lowest BCUT2D eigenvalue weighted by Gasteiger charge is -2.02. The number of aryl methyl sites for hydroxylation is 1. The molecule has 1 aromatic heterocycles. The number of nitrogens with zero attached hydrogens (tertiary/aromatic N) is 2. The molecule has 0 saturated carbocycles. The number of thioether (sulfide) groups is 1. The molecule has 2 aromatic rings. The molecule has 0 atom stereocenters. The molecule has 0 amide bonds. The lowest BCUT2D eigenvalue weighted by atomic mass is 10.1. The highest BCUT2D eigenvalue weighted by molar-refractivity contribution is 8.01. The Labute approximate surface area is 133 Å². The molecule has 1 N–H and O–H groups in total. The van der Waals surface area contributed by atoms with Crippen LogP contribution >= 0.6 is 23.1 Å². The Bertz CT molecular complexity index is 581.